The van der Waals surface area contributed by atoms with E-state index in [0.717, 1.165) is 10.1 Å². The Labute approximate surface area is 127 Å². The number of thiophene rings is 1. The van der Waals surface area contributed by atoms with Gasteiger partial charge in [0.1, 0.15) is 14.7 Å². The molecule has 0 bridgehead atoms. The van der Waals surface area contributed by atoms with Gasteiger partial charge in [-0.15, -0.1) is 11.3 Å². The molecule has 1 aromatic heterocycles. The van der Waals surface area contributed by atoms with Gasteiger partial charge in [0, 0.05) is 16.1 Å². The fourth-order valence-electron chi connectivity index (χ4n) is 2.52. The lowest BCUT2D eigenvalue weighted by atomic mass is 10.1. The molecule has 5 nitrogen and oxygen atoms in total. The third-order valence-corrected chi connectivity index (χ3v) is 6.63. The standard InChI is InChI=1S/C14H16N2O3S2/c15-12-10-3-1-2-4-11(10)20-13(12)14(17)16-9-5-7-21(18,19)8-6-9/h1-4,9H,5-8,15H2,(H,16,17). The molecule has 3 N–H and O–H groups in total. The van der Waals surface area contributed by atoms with Gasteiger partial charge in [-0.2, -0.15) is 0 Å². The molecule has 2 heterocycles. The zero-order valence-electron chi connectivity index (χ0n) is 11.3. The number of benzene rings is 1. The first kappa shape index (κ1) is 14.3. The molecule has 1 aromatic carbocycles. The Kier molecular flexibility index (Phi) is 3.62. The predicted molar refractivity (Wildman–Crippen MR) is 85.4 cm³/mol. The highest BCUT2D eigenvalue weighted by Gasteiger charge is 2.26. The van der Waals surface area contributed by atoms with E-state index >= 15 is 0 Å². The van der Waals surface area contributed by atoms with Crippen molar-refractivity contribution in [3.05, 3.63) is 29.1 Å². The summed E-state index contributed by atoms with van der Waals surface area (Å²) < 4.78 is 23.8. The summed E-state index contributed by atoms with van der Waals surface area (Å²) in [6.07, 6.45) is 0.942. The lowest BCUT2D eigenvalue weighted by Crippen LogP contribution is -2.40. The summed E-state index contributed by atoms with van der Waals surface area (Å²) in [6.45, 7) is 0. The molecule has 21 heavy (non-hydrogen) atoms. The topological polar surface area (TPSA) is 89.3 Å². The normalized spacial score (nSPS) is 18.7. The SMILES string of the molecule is Nc1c(C(=O)NC2CCS(=O)(=O)CC2)sc2ccccc12. The number of nitrogen functional groups attached to an aromatic ring is 1. The van der Waals surface area contributed by atoms with Crippen molar-refractivity contribution >= 4 is 42.9 Å². The summed E-state index contributed by atoms with van der Waals surface area (Å²) in [5.41, 5.74) is 6.54. The van der Waals surface area contributed by atoms with Gasteiger partial charge in [-0.05, 0) is 18.9 Å². The van der Waals surface area contributed by atoms with Gasteiger partial charge < -0.3 is 11.1 Å². The molecule has 0 radical (unpaired) electrons. The van der Waals surface area contributed by atoms with Gasteiger partial charge in [-0.25, -0.2) is 8.42 Å². The number of hydrogen-bond donors (Lipinski definition) is 2. The molecule has 1 aliphatic heterocycles. The molecule has 1 aliphatic rings. The Balaban J connectivity index is 1.77. The largest absolute Gasteiger partial charge is 0.397 e. The number of rotatable bonds is 2. The number of carbonyl (C=O) groups is 1. The number of nitrogens with two attached hydrogens (primary N) is 1. The minimum Gasteiger partial charge on any atom is -0.397 e. The first-order valence-electron chi connectivity index (χ1n) is 6.74. The molecule has 0 saturated carbocycles. The van der Waals surface area contributed by atoms with E-state index in [1.807, 2.05) is 24.3 Å². The molecule has 0 atom stereocenters. The minimum absolute atomic E-state index is 0.0920. The Bertz CT molecular complexity index is 782. The molecule has 3 rings (SSSR count). The van der Waals surface area contributed by atoms with E-state index in [4.69, 9.17) is 5.73 Å². The smallest absolute Gasteiger partial charge is 0.263 e. The second kappa shape index (κ2) is 5.31. The number of fused-ring (bicyclic) bond motifs is 1. The fraction of sp³-hybridized carbons (Fsp3) is 0.357. The molecule has 7 heteroatoms. The molecule has 112 valence electrons. The van der Waals surface area contributed by atoms with Gasteiger partial charge in [-0.1, -0.05) is 18.2 Å². The number of sulfone groups is 1. The second-order valence-electron chi connectivity index (χ2n) is 5.24. The van der Waals surface area contributed by atoms with E-state index in [2.05, 4.69) is 5.32 Å². The maximum atomic E-state index is 12.3. The quantitative estimate of drug-likeness (QED) is 0.881. The Hall–Kier alpha value is -1.60. The van der Waals surface area contributed by atoms with E-state index in [-0.39, 0.29) is 23.5 Å². The third-order valence-electron chi connectivity index (χ3n) is 3.73. The maximum absolute atomic E-state index is 12.3. The van der Waals surface area contributed by atoms with Crippen molar-refractivity contribution in [2.24, 2.45) is 0 Å². The van der Waals surface area contributed by atoms with Crippen LogP contribution in [0.5, 0.6) is 0 Å². The van der Waals surface area contributed by atoms with Crippen LogP contribution in [0.3, 0.4) is 0 Å². The van der Waals surface area contributed by atoms with Crippen LogP contribution in [0, 0.1) is 0 Å². The van der Waals surface area contributed by atoms with Gasteiger partial charge in [0.25, 0.3) is 5.91 Å². The van der Waals surface area contributed by atoms with Gasteiger partial charge in [0.15, 0.2) is 0 Å². The Morgan fingerprint density at radius 1 is 1.24 bits per heavy atom. The summed E-state index contributed by atoms with van der Waals surface area (Å²) in [5, 5.41) is 3.79. The Morgan fingerprint density at radius 3 is 2.57 bits per heavy atom. The van der Waals surface area contributed by atoms with Crippen molar-refractivity contribution in [1.29, 1.82) is 0 Å². The summed E-state index contributed by atoms with van der Waals surface area (Å²) in [6, 6.07) is 7.53. The third kappa shape index (κ3) is 2.89. The van der Waals surface area contributed by atoms with Gasteiger partial charge >= 0.3 is 0 Å². The van der Waals surface area contributed by atoms with Crippen LogP contribution < -0.4 is 11.1 Å². The predicted octanol–water partition coefficient (Wildman–Crippen LogP) is 1.79. The lowest BCUT2D eigenvalue weighted by molar-refractivity contribution is 0.0939. The van der Waals surface area contributed by atoms with Crippen LogP contribution in [0.4, 0.5) is 5.69 Å². The molecular formula is C14H16N2O3S2. The molecule has 0 aliphatic carbocycles. The van der Waals surface area contributed by atoms with Gasteiger partial charge in [0.05, 0.1) is 17.2 Å². The molecule has 1 saturated heterocycles. The zero-order chi connectivity index (χ0) is 15.0. The van der Waals surface area contributed by atoms with Crippen LogP contribution in [0.1, 0.15) is 22.5 Å². The van der Waals surface area contributed by atoms with E-state index in [1.54, 1.807) is 0 Å². The highest BCUT2D eigenvalue weighted by atomic mass is 32.2. The average molecular weight is 324 g/mol. The first-order valence-corrected chi connectivity index (χ1v) is 9.38. The summed E-state index contributed by atoms with van der Waals surface area (Å²) in [4.78, 5) is 12.8. The number of hydrogen-bond acceptors (Lipinski definition) is 5. The molecule has 1 fully saturated rings. The highest BCUT2D eigenvalue weighted by Crippen LogP contribution is 2.33. The Morgan fingerprint density at radius 2 is 1.90 bits per heavy atom. The van der Waals surface area contributed by atoms with Crippen LogP contribution in [-0.2, 0) is 9.84 Å². The summed E-state index contributed by atoms with van der Waals surface area (Å²) >= 11 is 1.37. The number of nitrogens with one attached hydrogen (secondary N) is 1. The molecule has 0 spiro atoms. The first-order chi connectivity index (χ1) is 9.96. The average Bonchev–Trinajstić information content (AvgIpc) is 2.79. The monoisotopic (exact) mass is 324 g/mol. The van der Waals surface area contributed by atoms with E-state index in [1.165, 1.54) is 11.3 Å². The molecule has 0 unspecified atom stereocenters. The second-order valence-corrected chi connectivity index (χ2v) is 8.60. The van der Waals surface area contributed by atoms with Crippen LogP contribution in [0.25, 0.3) is 10.1 Å². The van der Waals surface area contributed by atoms with E-state index < -0.39 is 9.84 Å². The van der Waals surface area contributed by atoms with Gasteiger partial charge in [-0.3, -0.25) is 4.79 Å². The lowest BCUT2D eigenvalue weighted by Gasteiger charge is -2.22. The number of anilines is 1. The number of amides is 1. The van der Waals surface area contributed by atoms with Crippen molar-refractivity contribution in [1.82, 2.24) is 5.32 Å². The maximum Gasteiger partial charge on any atom is 0.263 e. The van der Waals surface area contributed by atoms with E-state index in [0.29, 0.717) is 23.4 Å². The minimum atomic E-state index is -2.92. The summed E-state index contributed by atoms with van der Waals surface area (Å²) in [5.74, 6) is 0.0673. The summed E-state index contributed by atoms with van der Waals surface area (Å²) in [7, 11) is -2.92. The molecule has 2 aromatic rings. The van der Waals surface area contributed by atoms with Crippen molar-refractivity contribution < 1.29 is 13.2 Å². The van der Waals surface area contributed by atoms with Crippen LogP contribution in [0.2, 0.25) is 0 Å². The highest BCUT2D eigenvalue weighted by molar-refractivity contribution is 7.91. The zero-order valence-corrected chi connectivity index (χ0v) is 13.0. The molecule has 1 amide bonds. The van der Waals surface area contributed by atoms with Crippen molar-refractivity contribution in [3.63, 3.8) is 0 Å². The van der Waals surface area contributed by atoms with Crippen molar-refractivity contribution in [2.45, 2.75) is 18.9 Å². The fourth-order valence-corrected chi connectivity index (χ4v) is 5.04. The van der Waals surface area contributed by atoms with Crippen LogP contribution in [0.15, 0.2) is 24.3 Å². The van der Waals surface area contributed by atoms with Crippen molar-refractivity contribution in [2.75, 3.05) is 17.2 Å². The van der Waals surface area contributed by atoms with Crippen molar-refractivity contribution in [3.8, 4) is 0 Å². The van der Waals surface area contributed by atoms with Gasteiger partial charge in [0.2, 0.25) is 0 Å². The molecular weight excluding hydrogens is 308 g/mol. The number of carbonyl (C=O) groups excluding carboxylic acids is 1. The van der Waals surface area contributed by atoms with Crippen LogP contribution in [-0.4, -0.2) is 31.9 Å². The van der Waals surface area contributed by atoms with Crippen LogP contribution >= 0.6 is 11.3 Å². The van der Waals surface area contributed by atoms with E-state index in [9.17, 15) is 13.2 Å².